The van der Waals surface area contributed by atoms with Crippen molar-refractivity contribution in [3.8, 4) is 61.4 Å². The topological polar surface area (TPSA) is 14.2 Å². The third-order valence-corrected chi connectivity index (χ3v) is 10.4. The van der Waals surface area contributed by atoms with Gasteiger partial charge in [0.1, 0.15) is 5.75 Å². The monoisotopic (exact) mass is 597 g/mol. The van der Waals surface area contributed by atoms with Gasteiger partial charge in [0.25, 0.3) is 0 Å². The first-order valence-corrected chi connectivity index (χ1v) is 16.2. The average molecular weight is 598 g/mol. The fraction of sp³-hybridized carbons (Fsp3) is 0.182. The van der Waals surface area contributed by atoms with E-state index < -0.39 is 0 Å². The van der Waals surface area contributed by atoms with Gasteiger partial charge in [-0.2, -0.15) is 0 Å². The van der Waals surface area contributed by atoms with Gasteiger partial charge >= 0.3 is 0 Å². The Morgan fingerprint density at radius 1 is 0.478 bits per heavy atom. The van der Waals surface area contributed by atoms with E-state index in [0.29, 0.717) is 0 Å². The van der Waals surface area contributed by atoms with Gasteiger partial charge in [0.15, 0.2) is 0 Å². The van der Waals surface area contributed by atoms with E-state index in [-0.39, 0.29) is 0 Å². The van der Waals surface area contributed by atoms with E-state index in [1.54, 1.807) is 7.11 Å². The quantitative estimate of drug-likeness (QED) is 0.193. The molecule has 0 unspecified atom stereocenters. The second-order valence-electron chi connectivity index (χ2n) is 13.3. The number of nitrogens with zero attached hydrogens (tertiary/aromatic N) is 1. The van der Waals surface area contributed by atoms with Gasteiger partial charge in [-0.3, -0.25) is 0 Å². The molecule has 0 radical (unpaired) electrons. The van der Waals surface area contributed by atoms with Crippen LogP contribution in [-0.4, -0.2) is 11.7 Å². The van der Waals surface area contributed by atoms with E-state index in [0.717, 1.165) is 11.3 Å². The predicted octanol–water partition coefficient (Wildman–Crippen LogP) is 11.8. The molecule has 0 aliphatic heterocycles. The van der Waals surface area contributed by atoms with E-state index in [9.17, 15) is 0 Å². The summed E-state index contributed by atoms with van der Waals surface area (Å²) in [4.78, 5) is 0. The molecule has 0 amide bonds. The number of rotatable bonds is 2. The second kappa shape index (κ2) is 10.2. The van der Waals surface area contributed by atoms with Crippen LogP contribution in [0.25, 0.3) is 77.4 Å². The molecule has 226 valence electrons. The zero-order valence-electron chi connectivity index (χ0n) is 28.0. The van der Waals surface area contributed by atoms with Crippen molar-refractivity contribution in [1.82, 2.24) is 4.57 Å². The SMILES string of the molecule is COc1cc2c3cc(C)ccc3n(C)c2c(-c2cc3c(cc2C)-c2cc(C)c(C)cc2-c2ccccc2-c2ccc(C)cc2-3)c1C. The van der Waals surface area contributed by atoms with Gasteiger partial charge in [0.2, 0.25) is 0 Å². The van der Waals surface area contributed by atoms with Gasteiger partial charge < -0.3 is 9.30 Å². The first-order valence-electron chi connectivity index (χ1n) is 16.2. The number of aryl methyl sites for hydroxylation is 6. The summed E-state index contributed by atoms with van der Waals surface area (Å²) < 4.78 is 8.44. The van der Waals surface area contributed by atoms with E-state index in [1.165, 1.54) is 105 Å². The lowest BCUT2D eigenvalue weighted by Crippen LogP contribution is -2.02. The van der Waals surface area contributed by atoms with Crippen LogP contribution in [0, 0.1) is 41.5 Å². The summed E-state index contributed by atoms with van der Waals surface area (Å²) in [7, 11) is 3.99. The van der Waals surface area contributed by atoms with Crippen molar-refractivity contribution < 1.29 is 4.74 Å². The normalized spacial score (nSPS) is 11.9. The fourth-order valence-corrected chi connectivity index (χ4v) is 7.87. The van der Waals surface area contributed by atoms with Crippen LogP contribution in [0.2, 0.25) is 0 Å². The van der Waals surface area contributed by atoms with Crippen molar-refractivity contribution in [2.24, 2.45) is 7.05 Å². The summed E-state index contributed by atoms with van der Waals surface area (Å²) in [6, 6.07) is 34.6. The molecule has 0 fully saturated rings. The maximum atomic E-state index is 6.07. The lowest BCUT2D eigenvalue weighted by molar-refractivity contribution is 0.412. The van der Waals surface area contributed by atoms with Crippen molar-refractivity contribution in [1.29, 1.82) is 0 Å². The highest BCUT2D eigenvalue weighted by molar-refractivity contribution is 6.15. The molecule has 1 aromatic heterocycles. The molecule has 0 atom stereocenters. The molecular formula is C44H39NO. The van der Waals surface area contributed by atoms with Gasteiger partial charge in [-0.1, -0.05) is 77.9 Å². The van der Waals surface area contributed by atoms with E-state index in [4.69, 9.17) is 4.74 Å². The summed E-state index contributed by atoms with van der Waals surface area (Å²) in [6.07, 6.45) is 0. The lowest BCUT2D eigenvalue weighted by atomic mass is 9.77. The molecule has 2 nitrogen and oxygen atoms in total. The summed E-state index contributed by atoms with van der Waals surface area (Å²) in [5, 5.41) is 2.49. The molecule has 0 bridgehead atoms. The number of methoxy groups -OCH3 is 1. The van der Waals surface area contributed by atoms with E-state index >= 15 is 0 Å². The zero-order chi connectivity index (χ0) is 32.0. The summed E-state index contributed by atoms with van der Waals surface area (Å²) in [6.45, 7) is 13.3. The Morgan fingerprint density at radius 3 is 1.72 bits per heavy atom. The van der Waals surface area contributed by atoms with Crippen LogP contribution in [0.3, 0.4) is 0 Å². The lowest BCUT2D eigenvalue weighted by Gasteiger charge is -2.26. The molecular weight excluding hydrogens is 558 g/mol. The number of ether oxygens (including phenoxy) is 1. The van der Waals surface area contributed by atoms with Crippen LogP contribution in [-0.2, 0) is 7.05 Å². The Balaban J connectivity index is 1.54. The summed E-state index contributed by atoms with van der Waals surface area (Å²) in [5.74, 6) is 0.921. The van der Waals surface area contributed by atoms with Crippen molar-refractivity contribution in [3.63, 3.8) is 0 Å². The van der Waals surface area contributed by atoms with Gasteiger partial charge in [-0.15, -0.1) is 0 Å². The highest BCUT2D eigenvalue weighted by atomic mass is 16.5. The number of aromatic nitrogens is 1. The maximum Gasteiger partial charge on any atom is 0.123 e. The minimum Gasteiger partial charge on any atom is -0.496 e. The van der Waals surface area contributed by atoms with Crippen molar-refractivity contribution >= 4 is 21.8 Å². The number of benzene rings is 6. The van der Waals surface area contributed by atoms with Crippen molar-refractivity contribution in [2.75, 3.05) is 7.11 Å². The molecule has 0 saturated heterocycles. The molecule has 2 heteroatoms. The summed E-state index contributed by atoms with van der Waals surface area (Å²) >= 11 is 0. The molecule has 1 aliphatic carbocycles. The van der Waals surface area contributed by atoms with Crippen LogP contribution >= 0.6 is 0 Å². The van der Waals surface area contributed by atoms with Crippen LogP contribution in [0.1, 0.15) is 33.4 Å². The molecule has 0 N–H and O–H groups in total. The third-order valence-electron chi connectivity index (χ3n) is 10.4. The fourth-order valence-electron chi connectivity index (χ4n) is 7.87. The van der Waals surface area contributed by atoms with Gasteiger partial charge in [-0.25, -0.2) is 0 Å². The molecule has 0 spiro atoms. The van der Waals surface area contributed by atoms with Crippen molar-refractivity contribution in [3.05, 3.63) is 124 Å². The highest BCUT2D eigenvalue weighted by Crippen LogP contribution is 2.51. The first-order chi connectivity index (χ1) is 22.2. The van der Waals surface area contributed by atoms with Crippen molar-refractivity contribution in [2.45, 2.75) is 41.5 Å². The Kier molecular flexibility index (Phi) is 6.31. The number of hydrogen-bond acceptors (Lipinski definition) is 1. The van der Waals surface area contributed by atoms with Gasteiger partial charge in [0, 0.05) is 34.5 Å². The van der Waals surface area contributed by atoms with Crippen LogP contribution in [0.4, 0.5) is 0 Å². The molecule has 1 heterocycles. The molecule has 1 aliphatic rings. The molecule has 6 aromatic carbocycles. The summed E-state index contributed by atoms with van der Waals surface area (Å²) in [5.41, 5.74) is 22.8. The molecule has 0 saturated carbocycles. The Hall–Kier alpha value is -5.08. The number of hydrogen-bond donors (Lipinski definition) is 0. The van der Waals surface area contributed by atoms with E-state index in [1.807, 2.05) is 0 Å². The Labute approximate surface area is 271 Å². The van der Waals surface area contributed by atoms with E-state index in [2.05, 4.69) is 144 Å². The largest absolute Gasteiger partial charge is 0.496 e. The second-order valence-corrected chi connectivity index (χ2v) is 13.3. The Morgan fingerprint density at radius 2 is 1.02 bits per heavy atom. The smallest absolute Gasteiger partial charge is 0.123 e. The molecule has 46 heavy (non-hydrogen) atoms. The van der Waals surface area contributed by atoms with Crippen LogP contribution in [0.15, 0.2) is 91.0 Å². The van der Waals surface area contributed by atoms with Crippen LogP contribution in [0.5, 0.6) is 5.75 Å². The number of fused-ring (bicyclic) bond motifs is 11. The van der Waals surface area contributed by atoms with Gasteiger partial charge in [0.05, 0.1) is 12.6 Å². The minimum absolute atomic E-state index is 0.921. The predicted molar refractivity (Wildman–Crippen MR) is 196 cm³/mol. The zero-order valence-corrected chi connectivity index (χ0v) is 28.0. The first kappa shape index (κ1) is 28.4. The highest BCUT2D eigenvalue weighted by Gasteiger charge is 2.26. The standard InChI is InChI=1S/C44H39NO/c1-24-13-15-32-30-11-9-10-12-31(30)35-19-26(3)27(4)20-36(35)37-21-28(5)33(22-38(37)34(32)17-24)43-29(6)42(46-8)23-40-39-18-25(2)14-16-41(39)45(7)44(40)43/h9-23H,1-8H3. The third kappa shape index (κ3) is 4.02. The van der Waals surface area contributed by atoms with Crippen LogP contribution < -0.4 is 4.74 Å². The maximum absolute atomic E-state index is 6.07. The average Bonchev–Trinajstić information content (AvgIpc) is 3.31. The van der Waals surface area contributed by atoms with Gasteiger partial charge in [-0.05, 0) is 133 Å². The molecule has 8 rings (SSSR count). The minimum atomic E-state index is 0.921. The molecule has 7 aromatic rings. The Bertz CT molecular complexity index is 2420.